The summed E-state index contributed by atoms with van der Waals surface area (Å²) in [4.78, 5) is 11.9. The summed E-state index contributed by atoms with van der Waals surface area (Å²) in [5.74, 6) is -0.0887. The van der Waals surface area contributed by atoms with Crippen LogP contribution >= 0.6 is 0 Å². The molecule has 2 aromatic carbocycles. The Morgan fingerprint density at radius 3 is 2.40 bits per heavy atom. The van der Waals surface area contributed by atoms with Crippen molar-refractivity contribution in [2.75, 3.05) is 11.1 Å². The first-order chi connectivity index (χ1) is 9.70. The summed E-state index contributed by atoms with van der Waals surface area (Å²) >= 11 is 0. The Labute approximate surface area is 118 Å². The SMILES string of the molecule is Nc1ccccc1CCC(=O)Nc1ccccc1CO. The lowest BCUT2D eigenvalue weighted by Gasteiger charge is -2.09. The molecule has 0 heterocycles. The van der Waals surface area contributed by atoms with Crippen molar-refractivity contribution in [2.45, 2.75) is 19.4 Å². The van der Waals surface area contributed by atoms with Gasteiger partial charge in [-0.1, -0.05) is 36.4 Å². The highest BCUT2D eigenvalue weighted by molar-refractivity contribution is 5.91. The van der Waals surface area contributed by atoms with Gasteiger partial charge in [0.15, 0.2) is 0 Å². The van der Waals surface area contributed by atoms with Crippen LogP contribution in [0.5, 0.6) is 0 Å². The Kier molecular flexibility index (Phi) is 4.74. The Morgan fingerprint density at radius 2 is 1.70 bits per heavy atom. The molecule has 0 unspecified atom stereocenters. The Morgan fingerprint density at radius 1 is 1.05 bits per heavy atom. The largest absolute Gasteiger partial charge is 0.399 e. The van der Waals surface area contributed by atoms with Gasteiger partial charge >= 0.3 is 0 Å². The minimum atomic E-state index is -0.0952. The number of aliphatic hydroxyl groups is 1. The normalized spacial score (nSPS) is 10.2. The van der Waals surface area contributed by atoms with Gasteiger partial charge in [0.05, 0.1) is 6.61 Å². The summed E-state index contributed by atoms with van der Waals surface area (Å²) in [6.45, 7) is -0.0952. The monoisotopic (exact) mass is 270 g/mol. The van der Waals surface area contributed by atoms with Crippen LogP contribution in [0, 0.1) is 0 Å². The van der Waals surface area contributed by atoms with Gasteiger partial charge in [-0.2, -0.15) is 0 Å². The third kappa shape index (κ3) is 3.59. The molecule has 0 fully saturated rings. The number of para-hydroxylation sites is 2. The quantitative estimate of drug-likeness (QED) is 0.730. The van der Waals surface area contributed by atoms with Crippen LogP contribution in [-0.4, -0.2) is 11.0 Å². The zero-order chi connectivity index (χ0) is 14.4. The van der Waals surface area contributed by atoms with Gasteiger partial charge < -0.3 is 16.2 Å². The van der Waals surface area contributed by atoms with Gasteiger partial charge in [0, 0.05) is 23.4 Å². The Balaban J connectivity index is 1.95. The van der Waals surface area contributed by atoms with Crippen molar-refractivity contribution in [3.63, 3.8) is 0 Å². The van der Waals surface area contributed by atoms with Crippen molar-refractivity contribution in [3.05, 3.63) is 59.7 Å². The van der Waals surface area contributed by atoms with E-state index in [-0.39, 0.29) is 12.5 Å². The Bertz CT molecular complexity index is 597. The molecule has 0 radical (unpaired) electrons. The highest BCUT2D eigenvalue weighted by atomic mass is 16.3. The van der Waals surface area contributed by atoms with Crippen LogP contribution in [0.25, 0.3) is 0 Å². The van der Waals surface area contributed by atoms with E-state index in [0.29, 0.717) is 29.8 Å². The number of hydrogen-bond donors (Lipinski definition) is 3. The summed E-state index contributed by atoms with van der Waals surface area (Å²) in [6.07, 6.45) is 0.952. The zero-order valence-electron chi connectivity index (χ0n) is 11.2. The third-order valence-corrected chi connectivity index (χ3v) is 3.14. The van der Waals surface area contributed by atoms with Gasteiger partial charge in [0.25, 0.3) is 0 Å². The van der Waals surface area contributed by atoms with Gasteiger partial charge in [-0.3, -0.25) is 4.79 Å². The molecule has 4 nitrogen and oxygen atoms in total. The van der Waals surface area contributed by atoms with Crippen molar-refractivity contribution in [2.24, 2.45) is 0 Å². The highest BCUT2D eigenvalue weighted by Crippen LogP contribution is 2.16. The molecule has 0 aromatic heterocycles. The topological polar surface area (TPSA) is 75.4 Å². The van der Waals surface area contributed by atoms with Crippen molar-refractivity contribution >= 4 is 17.3 Å². The number of carbonyl (C=O) groups is 1. The first kappa shape index (κ1) is 14.1. The average Bonchev–Trinajstić information content (AvgIpc) is 2.47. The summed E-state index contributed by atoms with van der Waals surface area (Å²) in [7, 11) is 0. The second-order valence-corrected chi connectivity index (χ2v) is 4.56. The van der Waals surface area contributed by atoms with Gasteiger partial charge in [-0.05, 0) is 24.1 Å². The van der Waals surface area contributed by atoms with Crippen LogP contribution in [0.1, 0.15) is 17.5 Å². The minimum absolute atomic E-state index is 0.0887. The molecule has 0 spiro atoms. The van der Waals surface area contributed by atoms with E-state index in [0.717, 1.165) is 5.56 Å². The standard InChI is InChI=1S/C16H18N2O2/c17-14-7-3-1-5-12(14)9-10-16(20)18-15-8-4-2-6-13(15)11-19/h1-8,19H,9-11,17H2,(H,18,20). The molecule has 0 bridgehead atoms. The first-order valence-corrected chi connectivity index (χ1v) is 6.52. The average molecular weight is 270 g/mol. The van der Waals surface area contributed by atoms with Gasteiger partial charge in [0.1, 0.15) is 0 Å². The number of carbonyl (C=O) groups excluding carboxylic acids is 1. The second-order valence-electron chi connectivity index (χ2n) is 4.56. The molecular formula is C16H18N2O2. The van der Waals surface area contributed by atoms with E-state index in [1.54, 1.807) is 12.1 Å². The number of anilines is 2. The van der Waals surface area contributed by atoms with E-state index >= 15 is 0 Å². The number of nitrogens with two attached hydrogens (primary N) is 1. The van der Waals surface area contributed by atoms with E-state index in [1.807, 2.05) is 36.4 Å². The number of benzene rings is 2. The van der Waals surface area contributed by atoms with Crippen LogP contribution in [-0.2, 0) is 17.8 Å². The molecule has 2 aromatic rings. The number of hydrogen-bond acceptors (Lipinski definition) is 3. The lowest BCUT2D eigenvalue weighted by Crippen LogP contribution is -2.14. The molecule has 20 heavy (non-hydrogen) atoms. The molecule has 4 heteroatoms. The number of nitrogens with one attached hydrogen (secondary N) is 1. The van der Waals surface area contributed by atoms with Crippen molar-refractivity contribution in [3.8, 4) is 0 Å². The van der Waals surface area contributed by atoms with E-state index in [4.69, 9.17) is 5.73 Å². The molecule has 0 atom stereocenters. The van der Waals surface area contributed by atoms with Crippen LogP contribution in [0.3, 0.4) is 0 Å². The van der Waals surface area contributed by atoms with E-state index in [1.165, 1.54) is 0 Å². The highest BCUT2D eigenvalue weighted by Gasteiger charge is 2.07. The summed E-state index contributed by atoms with van der Waals surface area (Å²) < 4.78 is 0. The maximum Gasteiger partial charge on any atom is 0.224 e. The van der Waals surface area contributed by atoms with Crippen LogP contribution in [0.2, 0.25) is 0 Å². The molecule has 1 amide bonds. The van der Waals surface area contributed by atoms with E-state index < -0.39 is 0 Å². The lowest BCUT2D eigenvalue weighted by molar-refractivity contribution is -0.116. The number of aliphatic hydroxyl groups excluding tert-OH is 1. The predicted molar refractivity (Wildman–Crippen MR) is 80.2 cm³/mol. The number of nitrogen functional groups attached to an aromatic ring is 1. The van der Waals surface area contributed by atoms with E-state index in [9.17, 15) is 9.90 Å². The molecule has 2 rings (SSSR count). The van der Waals surface area contributed by atoms with E-state index in [2.05, 4.69) is 5.32 Å². The number of aryl methyl sites for hydroxylation is 1. The Hall–Kier alpha value is -2.33. The molecule has 0 aliphatic carbocycles. The molecule has 4 N–H and O–H groups in total. The van der Waals surface area contributed by atoms with Gasteiger partial charge in [-0.25, -0.2) is 0 Å². The van der Waals surface area contributed by atoms with Gasteiger partial charge in [0.2, 0.25) is 5.91 Å². The summed E-state index contributed by atoms with van der Waals surface area (Å²) in [6, 6.07) is 14.7. The van der Waals surface area contributed by atoms with Crippen LogP contribution < -0.4 is 11.1 Å². The molecule has 0 saturated heterocycles. The van der Waals surface area contributed by atoms with Gasteiger partial charge in [-0.15, -0.1) is 0 Å². The van der Waals surface area contributed by atoms with Crippen LogP contribution in [0.15, 0.2) is 48.5 Å². The fourth-order valence-electron chi connectivity index (χ4n) is 2.00. The van der Waals surface area contributed by atoms with Crippen molar-refractivity contribution < 1.29 is 9.90 Å². The predicted octanol–water partition coefficient (Wildman–Crippen LogP) is 2.33. The number of rotatable bonds is 5. The maximum atomic E-state index is 11.9. The number of amides is 1. The fraction of sp³-hybridized carbons (Fsp3) is 0.188. The first-order valence-electron chi connectivity index (χ1n) is 6.52. The molecule has 0 aliphatic rings. The van der Waals surface area contributed by atoms with Crippen LogP contribution in [0.4, 0.5) is 11.4 Å². The summed E-state index contributed by atoms with van der Waals surface area (Å²) in [5, 5.41) is 12.0. The maximum absolute atomic E-state index is 11.9. The molecule has 0 aliphatic heterocycles. The molecule has 104 valence electrons. The third-order valence-electron chi connectivity index (χ3n) is 3.14. The zero-order valence-corrected chi connectivity index (χ0v) is 11.2. The summed E-state index contributed by atoms with van der Waals surface area (Å²) in [5.41, 5.74) is 8.88. The second kappa shape index (κ2) is 6.73. The lowest BCUT2D eigenvalue weighted by atomic mass is 10.1. The molecular weight excluding hydrogens is 252 g/mol. The van der Waals surface area contributed by atoms with Crippen molar-refractivity contribution in [1.29, 1.82) is 0 Å². The minimum Gasteiger partial charge on any atom is -0.399 e. The molecule has 0 saturated carbocycles. The fourth-order valence-corrected chi connectivity index (χ4v) is 2.00. The smallest absolute Gasteiger partial charge is 0.224 e. The van der Waals surface area contributed by atoms with Crippen molar-refractivity contribution in [1.82, 2.24) is 0 Å².